The van der Waals surface area contributed by atoms with Crippen molar-refractivity contribution in [2.24, 2.45) is 10.9 Å². The minimum atomic E-state index is -0.154. The molecule has 1 aromatic carbocycles. The molecule has 0 atom stereocenters. The SMILES string of the molecule is COCCOc1cccc2cnc(/N=C/C3CCC(O)CC3)nc12. The summed E-state index contributed by atoms with van der Waals surface area (Å²) in [4.78, 5) is 13.3. The monoisotopic (exact) mass is 329 g/mol. The summed E-state index contributed by atoms with van der Waals surface area (Å²) in [5, 5.41) is 10.5. The van der Waals surface area contributed by atoms with Gasteiger partial charge in [-0.1, -0.05) is 12.1 Å². The van der Waals surface area contributed by atoms with Crippen molar-refractivity contribution in [2.45, 2.75) is 31.8 Å². The lowest BCUT2D eigenvalue weighted by Gasteiger charge is -2.21. The Morgan fingerprint density at radius 3 is 2.88 bits per heavy atom. The zero-order valence-electron chi connectivity index (χ0n) is 13.9. The number of hydrogen-bond donors (Lipinski definition) is 1. The normalized spacial score (nSPS) is 21.4. The molecule has 24 heavy (non-hydrogen) atoms. The summed E-state index contributed by atoms with van der Waals surface area (Å²) in [5.74, 6) is 1.54. The highest BCUT2D eigenvalue weighted by molar-refractivity contribution is 5.84. The van der Waals surface area contributed by atoms with Crippen LogP contribution < -0.4 is 4.74 Å². The summed E-state index contributed by atoms with van der Waals surface area (Å²) in [7, 11) is 1.64. The number of aliphatic imine (C=N–C) groups is 1. The summed E-state index contributed by atoms with van der Waals surface area (Å²) >= 11 is 0. The molecule has 6 heteroatoms. The molecule has 0 spiro atoms. The van der Waals surface area contributed by atoms with Gasteiger partial charge in [0.2, 0.25) is 5.95 Å². The van der Waals surface area contributed by atoms with Crippen LogP contribution in [-0.4, -0.2) is 47.7 Å². The van der Waals surface area contributed by atoms with Gasteiger partial charge in [-0.15, -0.1) is 0 Å². The molecule has 1 saturated carbocycles. The van der Waals surface area contributed by atoms with Crippen molar-refractivity contribution in [2.75, 3.05) is 20.3 Å². The molecule has 2 aromatic rings. The van der Waals surface area contributed by atoms with Gasteiger partial charge in [0.05, 0.1) is 12.7 Å². The number of rotatable bonds is 6. The lowest BCUT2D eigenvalue weighted by molar-refractivity contribution is 0.121. The highest BCUT2D eigenvalue weighted by atomic mass is 16.5. The number of aliphatic hydroxyl groups excluding tert-OH is 1. The van der Waals surface area contributed by atoms with Crippen LogP contribution in [0.5, 0.6) is 5.75 Å². The van der Waals surface area contributed by atoms with Gasteiger partial charge >= 0.3 is 0 Å². The van der Waals surface area contributed by atoms with Crippen molar-refractivity contribution in [3.8, 4) is 5.75 Å². The summed E-state index contributed by atoms with van der Waals surface area (Å²) in [6, 6.07) is 5.76. The zero-order chi connectivity index (χ0) is 16.8. The number of fused-ring (bicyclic) bond motifs is 1. The van der Waals surface area contributed by atoms with E-state index in [1.54, 1.807) is 13.3 Å². The predicted molar refractivity (Wildman–Crippen MR) is 93.0 cm³/mol. The third-order valence-corrected chi connectivity index (χ3v) is 4.25. The molecule has 128 valence electrons. The Morgan fingerprint density at radius 2 is 2.08 bits per heavy atom. The van der Waals surface area contributed by atoms with Crippen LogP contribution in [0.2, 0.25) is 0 Å². The maximum Gasteiger partial charge on any atom is 0.249 e. The van der Waals surface area contributed by atoms with Crippen molar-refractivity contribution in [3.63, 3.8) is 0 Å². The van der Waals surface area contributed by atoms with Crippen LogP contribution >= 0.6 is 0 Å². The predicted octanol–water partition coefficient (Wildman–Crippen LogP) is 2.91. The maximum atomic E-state index is 9.56. The number of benzene rings is 1. The van der Waals surface area contributed by atoms with Crippen LogP contribution in [0.25, 0.3) is 10.9 Å². The molecule has 0 aliphatic heterocycles. The zero-order valence-corrected chi connectivity index (χ0v) is 13.9. The highest BCUT2D eigenvalue weighted by Gasteiger charge is 2.17. The molecular weight excluding hydrogens is 306 g/mol. The molecule has 3 rings (SSSR count). The molecule has 0 radical (unpaired) electrons. The molecule has 0 amide bonds. The molecule has 1 N–H and O–H groups in total. The fourth-order valence-electron chi connectivity index (χ4n) is 2.86. The molecular formula is C18H23N3O3. The van der Waals surface area contributed by atoms with Crippen molar-refractivity contribution in [3.05, 3.63) is 24.4 Å². The number of hydrogen-bond acceptors (Lipinski definition) is 6. The lowest BCUT2D eigenvalue weighted by atomic mass is 9.88. The van der Waals surface area contributed by atoms with E-state index in [0.717, 1.165) is 36.6 Å². The first kappa shape index (κ1) is 16.8. The van der Waals surface area contributed by atoms with Gasteiger partial charge in [-0.25, -0.2) is 15.0 Å². The maximum absolute atomic E-state index is 9.56. The lowest BCUT2D eigenvalue weighted by Crippen LogP contribution is -2.18. The standard InChI is InChI=1S/C18H23N3O3/c1-23-9-10-24-16-4-2-3-14-12-20-18(21-17(14)16)19-11-13-5-7-15(22)8-6-13/h2-4,11-13,15,22H,5-10H2,1H3/b19-11+. The Hall–Kier alpha value is -2.05. The number of methoxy groups -OCH3 is 1. The van der Waals surface area contributed by atoms with Gasteiger partial charge < -0.3 is 14.6 Å². The first-order valence-corrected chi connectivity index (χ1v) is 8.36. The van der Waals surface area contributed by atoms with Crippen molar-refractivity contribution in [1.82, 2.24) is 9.97 Å². The average molecular weight is 329 g/mol. The van der Waals surface area contributed by atoms with Crippen LogP contribution in [0.3, 0.4) is 0 Å². The van der Waals surface area contributed by atoms with Gasteiger partial charge in [-0.2, -0.15) is 0 Å². The molecule has 1 fully saturated rings. The van der Waals surface area contributed by atoms with E-state index in [9.17, 15) is 5.11 Å². The van der Waals surface area contributed by atoms with E-state index < -0.39 is 0 Å². The third-order valence-electron chi connectivity index (χ3n) is 4.25. The first-order valence-electron chi connectivity index (χ1n) is 8.36. The van der Waals surface area contributed by atoms with Gasteiger partial charge in [0, 0.05) is 24.9 Å². The number of aromatic nitrogens is 2. The second-order valence-corrected chi connectivity index (χ2v) is 6.05. The molecule has 1 heterocycles. The quantitative estimate of drug-likeness (QED) is 0.651. The van der Waals surface area contributed by atoms with Gasteiger partial charge in [0.25, 0.3) is 0 Å². The fraction of sp³-hybridized carbons (Fsp3) is 0.500. The Bertz CT molecular complexity index is 697. The second-order valence-electron chi connectivity index (χ2n) is 6.05. The Labute approximate surface area is 141 Å². The molecule has 1 aromatic heterocycles. The van der Waals surface area contributed by atoms with E-state index in [1.807, 2.05) is 24.4 Å². The highest BCUT2D eigenvalue weighted by Crippen LogP contribution is 2.26. The minimum absolute atomic E-state index is 0.154. The summed E-state index contributed by atoms with van der Waals surface area (Å²) < 4.78 is 10.7. The van der Waals surface area contributed by atoms with Gasteiger partial charge in [-0.05, 0) is 37.7 Å². The smallest absolute Gasteiger partial charge is 0.249 e. The van der Waals surface area contributed by atoms with Crippen molar-refractivity contribution in [1.29, 1.82) is 0 Å². The van der Waals surface area contributed by atoms with Crippen molar-refractivity contribution < 1.29 is 14.6 Å². The Morgan fingerprint density at radius 1 is 1.25 bits per heavy atom. The average Bonchev–Trinajstić information content (AvgIpc) is 2.61. The van der Waals surface area contributed by atoms with Crippen LogP contribution in [0.15, 0.2) is 29.4 Å². The molecule has 0 bridgehead atoms. The number of ether oxygens (including phenoxy) is 2. The first-order chi connectivity index (χ1) is 11.8. The largest absolute Gasteiger partial charge is 0.489 e. The van der Waals surface area contributed by atoms with Crippen LogP contribution in [-0.2, 0) is 4.74 Å². The summed E-state index contributed by atoms with van der Waals surface area (Å²) in [6.07, 6.45) is 7.13. The van der Waals surface area contributed by atoms with E-state index in [1.165, 1.54) is 0 Å². The summed E-state index contributed by atoms with van der Waals surface area (Å²) in [6.45, 7) is 1.00. The number of para-hydroxylation sites is 1. The van der Waals surface area contributed by atoms with Crippen LogP contribution in [0.1, 0.15) is 25.7 Å². The van der Waals surface area contributed by atoms with Crippen LogP contribution in [0, 0.1) is 5.92 Å². The van der Waals surface area contributed by atoms with E-state index in [2.05, 4.69) is 15.0 Å². The van der Waals surface area contributed by atoms with E-state index in [-0.39, 0.29) is 6.10 Å². The third kappa shape index (κ3) is 4.27. The van der Waals surface area contributed by atoms with E-state index in [0.29, 0.717) is 30.8 Å². The van der Waals surface area contributed by atoms with Gasteiger partial charge in [-0.3, -0.25) is 0 Å². The van der Waals surface area contributed by atoms with Gasteiger partial charge in [0.15, 0.2) is 0 Å². The minimum Gasteiger partial charge on any atom is -0.489 e. The van der Waals surface area contributed by atoms with Crippen molar-refractivity contribution >= 4 is 23.1 Å². The molecule has 6 nitrogen and oxygen atoms in total. The fourth-order valence-corrected chi connectivity index (χ4v) is 2.86. The second kappa shape index (κ2) is 8.17. The van der Waals surface area contributed by atoms with E-state index in [4.69, 9.17) is 9.47 Å². The molecule has 0 unspecified atom stereocenters. The Balaban J connectivity index is 1.75. The molecule has 0 saturated heterocycles. The molecule has 1 aliphatic carbocycles. The topological polar surface area (TPSA) is 76.8 Å². The summed E-state index contributed by atoms with van der Waals surface area (Å²) in [5.41, 5.74) is 0.759. The number of nitrogens with zero attached hydrogens (tertiary/aromatic N) is 3. The van der Waals surface area contributed by atoms with Crippen LogP contribution in [0.4, 0.5) is 5.95 Å². The van der Waals surface area contributed by atoms with E-state index >= 15 is 0 Å². The molecule has 1 aliphatic rings. The number of aliphatic hydroxyl groups is 1. The Kier molecular flexibility index (Phi) is 5.72. The van der Waals surface area contributed by atoms with Gasteiger partial charge in [0.1, 0.15) is 17.9 Å².